The van der Waals surface area contributed by atoms with Crippen LogP contribution in [0.15, 0.2) is 40.9 Å². The molecule has 1 aromatic carbocycles. The topological polar surface area (TPSA) is 64.4 Å². The maximum absolute atomic E-state index is 12.9. The molecule has 1 fully saturated rings. The molecule has 1 aromatic heterocycles. The van der Waals surface area contributed by atoms with Crippen LogP contribution in [0, 0.1) is 6.92 Å². The third-order valence-corrected chi connectivity index (χ3v) is 4.67. The summed E-state index contributed by atoms with van der Waals surface area (Å²) < 4.78 is 10.7. The lowest BCUT2D eigenvalue weighted by molar-refractivity contribution is -0.130. The standard InChI is InChI=1S/C19H24N2O3/c1-15-14-17(24-21-15)8-5-11-20-18(22)19(9-12-23-13-10-19)16-6-3-2-4-7-16/h2-4,6-7,14H,5,8-13H2,1H3,(H,20,22). The third-order valence-electron chi connectivity index (χ3n) is 4.67. The van der Waals surface area contributed by atoms with Crippen LogP contribution in [0.5, 0.6) is 0 Å². The number of amides is 1. The summed E-state index contributed by atoms with van der Waals surface area (Å²) >= 11 is 0. The number of ether oxygens (including phenoxy) is 1. The van der Waals surface area contributed by atoms with Crippen molar-refractivity contribution < 1.29 is 14.1 Å². The van der Waals surface area contributed by atoms with Crippen molar-refractivity contribution in [2.45, 2.75) is 38.0 Å². The van der Waals surface area contributed by atoms with Gasteiger partial charge in [-0.2, -0.15) is 0 Å². The van der Waals surface area contributed by atoms with Crippen LogP contribution < -0.4 is 5.32 Å². The molecule has 1 amide bonds. The van der Waals surface area contributed by atoms with Crippen LogP contribution in [0.25, 0.3) is 0 Å². The molecule has 5 heteroatoms. The number of rotatable bonds is 6. The molecule has 1 saturated heterocycles. The maximum atomic E-state index is 12.9. The molecule has 5 nitrogen and oxygen atoms in total. The van der Waals surface area contributed by atoms with Crippen LogP contribution in [0.2, 0.25) is 0 Å². The van der Waals surface area contributed by atoms with E-state index in [1.165, 1.54) is 0 Å². The zero-order valence-corrected chi connectivity index (χ0v) is 14.1. The minimum Gasteiger partial charge on any atom is -0.381 e. The van der Waals surface area contributed by atoms with Crippen LogP contribution in [0.4, 0.5) is 0 Å². The van der Waals surface area contributed by atoms with Crippen LogP contribution in [0.1, 0.15) is 36.3 Å². The summed E-state index contributed by atoms with van der Waals surface area (Å²) in [5.41, 5.74) is 1.50. The van der Waals surface area contributed by atoms with Crippen LogP contribution in [-0.2, 0) is 21.4 Å². The van der Waals surface area contributed by atoms with E-state index in [-0.39, 0.29) is 5.91 Å². The highest BCUT2D eigenvalue weighted by Crippen LogP contribution is 2.35. The Morgan fingerprint density at radius 2 is 2.00 bits per heavy atom. The predicted octanol–water partition coefficient (Wildman–Crippen LogP) is 2.78. The van der Waals surface area contributed by atoms with E-state index in [1.54, 1.807) is 0 Å². The fraction of sp³-hybridized carbons (Fsp3) is 0.474. The third kappa shape index (κ3) is 3.67. The molecular formula is C19H24N2O3. The van der Waals surface area contributed by atoms with Crippen molar-refractivity contribution in [3.63, 3.8) is 0 Å². The van der Waals surface area contributed by atoms with Crippen LogP contribution in [-0.4, -0.2) is 30.8 Å². The highest BCUT2D eigenvalue weighted by Gasteiger charge is 2.41. The van der Waals surface area contributed by atoms with Crippen molar-refractivity contribution in [2.75, 3.05) is 19.8 Å². The highest BCUT2D eigenvalue weighted by molar-refractivity contribution is 5.88. The number of aromatic nitrogens is 1. The molecule has 0 unspecified atom stereocenters. The second-order valence-corrected chi connectivity index (χ2v) is 6.35. The van der Waals surface area contributed by atoms with E-state index >= 15 is 0 Å². The summed E-state index contributed by atoms with van der Waals surface area (Å²) in [5, 5.41) is 6.99. The highest BCUT2D eigenvalue weighted by atomic mass is 16.5. The van der Waals surface area contributed by atoms with Gasteiger partial charge < -0.3 is 14.6 Å². The molecule has 1 aliphatic heterocycles. The lowest BCUT2D eigenvalue weighted by atomic mass is 9.73. The van der Waals surface area contributed by atoms with E-state index in [0.29, 0.717) is 19.8 Å². The number of aryl methyl sites for hydroxylation is 2. The monoisotopic (exact) mass is 328 g/mol. The second-order valence-electron chi connectivity index (χ2n) is 6.35. The van der Waals surface area contributed by atoms with Gasteiger partial charge in [0.2, 0.25) is 5.91 Å². The molecule has 0 atom stereocenters. The molecule has 0 aliphatic carbocycles. The number of hydrogen-bond acceptors (Lipinski definition) is 4. The molecule has 2 heterocycles. The molecule has 1 aliphatic rings. The van der Waals surface area contributed by atoms with Crippen molar-refractivity contribution in [1.29, 1.82) is 0 Å². The Balaban J connectivity index is 1.60. The summed E-state index contributed by atoms with van der Waals surface area (Å²) in [6.45, 7) is 3.79. The second kappa shape index (κ2) is 7.62. The van der Waals surface area contributed by atoms with Gasteiger partial charge in [0.05, 0.1) is 11.1 Å². The Morgan fingerprint density at radius 3 is 2.67 bits per heavy atom. The number of carbonyl (C=O) groups excluding carboxylic acids is 1. The lowest BCUT2D eigenvalue weighted by Gasteiger charge is -2.36. The Hall–Kier alpha value is -2.14. The predicted molar refractivity (Wildman–Crippen MR) is 90.7 cm³/mol. The zero-order chi connectivity index (χ0) is 16.8. The van der Waals surface area contributed by atoms with Gasteiger partial charge in [0.25, 0.3) is 0 Å². The van der Waals surface area contributed by atoms with E-state index in [4.69, 9.17) is 9.26 Å². The van der Waals surface area contributed by atoms with Gasteiger partial charge in [-0.05, 0) is 31.7 Å². The normalized spacial score (nSPS) is 16.7. The number of nitrogens with one attached hydrogen (secondary N) is 1. The molecule has 0 bridgehead atoms. The number of hydrogen-bond donors (Lipinski definition) is 1. The van der Waals surface area contributed by atoms with Gasteiger partial charge in [-0.1, -0.05) is 35.5 Å². The quantitative estimate of drug-likeness (QED) is 0.828. The number of nitrogens with zero attached hydrogens (tertiary/aromatic N) is 1. The van der Waals surface area contributed by atoms with Gasteiger partial charge in [-0.15, -0.1) is 0 Å². The fourth-order valence-corrected chi connectivity index (χ4v) is 3.29. The fourth-order valence-electron chi connectivity index (χ4n) is 3.29. The molecule has 128 valence electrons. The molecule has 0 spiro atoms. The number of carbonyl (C=O) groups is 1. The van der Waals surface area contributed by atoms with Crippen molar-refractivity contribution in [2.24, 2.45) is 0 Å². The molecule has 3 rings (SSSR count). The molecule has 0 radical (unpaired) electrons. The summed E-state index contributed by atoms with van der Waals surface area (Å²) in [5.74, 6) is 0.969. The van der Waals surface area contributed by atoms with Gasteiger partial charge in [-0.3, -0.25) is 4.79 Å². The van der Waals surface area contributed by atoms with Crippen molar-refractivity contribution >= 4 is 5.91 Å². The van der Waals surface area contributed by atoms with E-state index in [1.807, 2.05) is 43.3 Å². The van der Waals surface area contributed by atoms with E-state index < -0.39 is 5.41 Å². The first-order valence-electron chi connectivity index (χ1n) is 8.54. The van der Waals surface area contributed by atoms with Gasteiger partial charge in [0.15, 0.2) is 0 Å². The summed E-state index contributed by atoms with van der Waals surface area (Å²) in [6.07, 6.45) is 3.07. The smallest absolute Gasteiger partial charge is 0.230 e. The van der Waals surface area contributed by atoms with E-state index in [9.17, 15) is 4.79 Å². The first-order chi connectivity index (χ1) is 11.7. The van der Waals surface area contributed by atoms with E-state index in [2.05, 4.69) is 10.5 Å². The zero-order valence-electron chi connectivity index (χ0n) is 14.1. The molecule has 1 N–H and O–H groups in total. The Morgan fingerprint density at radius 1 is 1.25 bits per heavy atom. The van der Waals surface area contributed by atoms with Crippen molar-refractivity contribution in [3.05, 3.63) is 53.4 Å². The minimum absolute atomic E-state index is 0.103. The number of benzene rings is 1. The summed E-state index contributed by atoms with van der Waals surface area (Å²) in [6, 6.07) is 12.0. The van der Waals surface area contributed by atoms with E-state index in [0.717, 1.165) is 42.7 Å². The van der Waals surface area contributed by atoms with Gasteiger partial charge in [0.1, 0.15) is 5.76 Å². The van der Waals surface area contributed by atoms with Gasteiger partial charge in [-0.25, -0.2) is 0 Å². The Bertz CT molecular complexity index is 660. The van der Waals surface area contributed by atoms with Crippen LogP contribution >= 0.6 is 0 Å². The Labute approximate surface area is 142 Å². The SMILES string of the molecule is Cc1cc(CCCNC(=O)C2(c3ccccc3)CCOCC2)on1. The largest absolute Gasteiger partial charge is 0.381 e. The van der Waals surface area contributed by atoms with Gasteiger partial charge in [0, 0.05) is 32.2 Å². The average molecular weight is 328 g/mol. The molecule has 2 aromatic rings. The molecular weight excluding hydrogens is 304 g/mol. The summed E-state index contributed by atoms with van der Waals surface area (Å²) in [4.78, 5) is 12.9. The van der Waals surface area contributed by atoms with Crippen molar-refractivity contribution in [3.8, 4) is 0 Å². The first kappa shape index (κ1) is 16.7. The lowest BCUT2D eigenvalue weighted by Crippen LogP contribution is -2.48. The Kier molecular flexibility index (Phi) is 5.30. The minimum atomic E-state index is -0.470. The molecule has 24 heavy (non-hydrogen) atoms. The van der Waals surface area contributed by atoms with Crippen LogP contribution in [0.3, 0.4) is 0 Å². The maximum Gasteiger partial charge on any atom is 0.230 e. The van der Waals surface area contributed by atoms with Gasteiger partial charge >= 0.3 is 0 Å². The first-order valence-corrected chi connectivity index (χ1v) is 8.54. The van der Waals surface area contributed by atoms with Crippen molar-refractivity contribution in [1.82, 2.24) is 10.5 Å². The molecule has 0 saturated carbocycles. The summed E-state index contributed by atoms with van der Waals surface area (Å²) in [7, 11) is 0. The average Bonchev–Trinajstić information content (AvgIpc) is 3.05.